The first-order valence-corrected chi connectivity index (χ1v) is 11.9. The number of para-hydroxylation sites is 1. The topological polar surface area (TPSA) is 99.8 Å². The molecule has 0 bridgehead atoms. The molecule has 3 aromatic carbocycles. The van der Waals surface area contributed by atoms with E-state index in [1.165, 1.54) is 17.8 Å². The molecular formula is C30H21N3O5. The maximum atomic E-state index is 13.5. The van der Waals surface area contributed by atoms with Crippen LogP contribution < -0.4 is 10.3 Å². The highest BCUT2D eigenvalue weighted by Gasteiger charge is 2.18. The largest absolute Gasteiger partial charge is 0.496 e. The third-order valence-electron chi connectivity index (χ3n) is 6.22. The molecule has 0 saturated carbocycles. The lowest BCUT2D eigenvalue weighted by Crippen LogP contribution is -2.20. The third kappa shape index (κ3) is 4.08. The lowest BCUT2D eigenvalue weighted by Gasteiger charge is -2.06. The molecule has 3 heterocycles. The number of aromatic nitrogens is 2. The zero-order chi connectivity index (χ0) is 26.2. The summed E-state index contributed by atoms with van der Waals surface area (Å²) in [5.41, 5.74) is 2.22. The first-order chi connectivity index (χ1) is 18.5. The van der Waals surface area contributed by atoms with Crippen LogP contribution in [0.15, 0.2) is 104 Å². The van der Waals surface area contributed by atoms with Crippen molar-refractivity contribution < 1.29 is 18.4 Å². The zero-order valence-electron chi connectivity index (χ0n) is 20.5. The predicted octanol–water partition coefficient (Wildman–Crippen LogP) is 6.16. The van der Waals surface area contributed by atoms with Crippen molar-refractivity contribution in [1.29, 1.82) is 0 Å². The van der Waals surface area contributed by atoms with Gasteiger partial charge in [0.1, 0.15) is 22.9 Å². The summed E-state index contributed by atoms with van der Waals surface area (Å²) in [5, 5.41) is 5.63. The Balaban J connectivity index is 1.43. The molecule has 0 radical (unpaired) electrons. The lowest BCUT2D eigenvalue weighted by molar-refractivity contribution is 0.101. The number of ketones is 1. The molecule has 0 fully saturated rings. The van der Waals surface area contributed by atoms with Crippen LogP contribution in [0.5, 0.6) is 5.75 Å². The van der Waals surface area contributed by atoms with E-state index in [0.717, 1.165) is 10.9 Å². The maximum absolute atomic E-state index is 13.5. The number of carbonyl (C=O) groups excluding carboxylic acids is 1. The molecule has 0 amide bonds. The number of fused-ring (bicyclic) bond motifs is 2. The van der Waals surface area contributed by atoms with Crippen molar-refractivity contribution in [3.8, 4) is 28.7 Å². The van der Waals surface area contributed by atoms with Gasteiger partial charge in [0, 0.05) is 11.1 Å². The molecule has 0 spiro atoms. The van der Waals surface area contributed by atoms with E-state index in [1.54, 1.807) is 55.6 Å². The van der Waals surface area contributed by atoms with Crippen LogP contribution in [0.25, 0.3) is 44.8 Å². The minimum Gasteiger partial charge on any atom is -0.496 e. The number of benzene rings is 3. The number of ether oxygens (including phenoxy) is 1. The molecule has 0 atom stereocenters. The number of methoxy groups -OCH3 is 1. The van der Waals surface area contributed by atoms with E-state index in [9.17, 15) is 9.59 Å². The van der Waals surface area contributed by atoms with E-state index in [0.29, 0.717) is 45.1 Å². The minimum absolute atomic E-state index is 0.00282. The quantitative estimate of drug-likeness (QED) is 0.199. The second-order valence-electron chi connectivity index (χ2n) is 8.63. The van der Waals surface area contributed by atoms with E-state index in [-0.39, 0.29) is 17.2 Å². The molecular weight excluding hydrogens is 482 g/mol. The predicted molar refractivity (Wildman–Crippen MR) is 145 cm³/mol. The summed E-state index contributed by atoms with van der Waals surface area (Å²) in [4.78, 5) is 29.7. The van der Waals surface area contributed by atoms with Gasteiger partial charge in [-0.25, -0.2) is 4.98 Å². The molecule has 186 valence electrons. The van der Waals surface area contributed by atoms with Gasteiger partial charge in [-0.15, -0.1) is 0 Å². The van der Waals surface area contributed by atoms with Gasteiger partial charge in [-0.2, -0.15) is 9.78 Å². The number of nitrogens with zero attached hydrogens (tertiary/aromatic N) is 3. The Labute approximate surface area is 216 Å². The number of hydrogen-bond acceptors (Lipinski definition) is 7. The number of Topliss-reactive ketones (excluding diaryl/α,β-unsaturated/α-hetero) is 1. The smallest absolute Gasteiger partial charge is 0.282 e. The van der Waals surface area contributed by atoms with E-state index in [2.05, 4.69) is 5.10 Å². The summed E-state index contributed by atoms with van der Waals surface area (Å²) in [7, 11) is 1.59. The Kier molecular flexibility index (Phi) is 5.69. The van der Waals surface area contributed by atoms with Crippen LogP contribution in [0.3, 0.4) is 0 Å². The van der Waals surface area contributed by atoms with Crippen molar-refractivity contribution in [2.75, 3.05) is 7.11 Å². The average Bonchev–Trinajstić information content (AvgIpc) is 3.60. The van der Waals surface area contributed by atoms with Gasteiger partial charge in [0.25, 0.3) is 5.56 Å². The monoisotopic (exact) mass is 503 g/mol. The Morgan fingerprint density at radius 2 is 1.74 bits per heavy atom. The highest BCUT2D eigenvalue weighted by atomic mass is 16.5. The molecule has 6 aromatic rings. The summed E-state index contributed by atoms with van der Waals surface area (Å²) in [6.45, 7) is 1.52. The van der Waals surface area contributed by atoms with E-state index >= 15 is 0 Å². The van der Waals surface area contributed by atoms with Gasteiger partial charge >= 0.3 is 0 Å². The molecule has 0 aliphatic heterocycles. The fourth-order valence-electron chi connectivity index (χ4n) is 4.27. The highest BCUT2D eigenvalue weighted by molar-refractivity contribution is 5.94. The van der Waals surface area contributed by atoms with E-state index < -0.39 is 0 Å². The Morgan fingerprint density at radius 3 is 2.53 bits per heavy atom. The first-order valence-electron chi connectivity index (χ1n) is 11.9. The van der Waals surface area contributed by atoms with Crippen molar-refractivity contribution >= 4 is 33.9 Å². The highest BCUT2D eigenvalue weighted by Crippen LogP contribution is 2.33. The van der Waals surface area contributed by atoms with Crippen LogP contribution in [-0.4, -0.2) is 28.8 Å². The molecule has 6 rings (SSSR count). The van der Waals surface area contributed by atoms with Crippen molar-refractivity contribution in [2.45, 2.75) is 6.92 Å². The van der Waals surface area contributed by atoms with E-state index in [1.807, 2.05) is 36.4 Å². The standard InChI is InChI=1S/C30H21N3O5/c1-18(34)19-10-12-20(13-11-19)25-15-14-21(37-25)17-31-33-29(32-24-7-4-3-6-22(24)30(33)35)28-16-23-26(36-2)8-5-9-27(23)38-28/h3-17H,1-2H3. The molecule has 8 nitrogen and oxygen atoms in total. The van der Waals surface area contributed by atoms with Crippen LogP contribution in [0, 0.1) is 0 Å². The summed E-state index contributed by atoms with van der Waals surface area (Å²) in [5.74, 6) is 2.31. The van der Waals surface area contributed by atoms with Crippen molar-refractivity contribution in [1.82, 2.24) is 9.66 Å². The molecule has 0 unspecified atom stereocenters. The normalized spacial score (nSPS) is 11.5. The fraction of sp³-hybridized carbons (Fsp3) is 0.0667. The van der Waals surface area contributed by atoms with Gasteiger partial charge in [-0.1, -0.05) is 42.5 Å². The van der Waals surface area contributed by atoms with Crippen LogP contribution >= 0.6 is 0 Å². The van der Waals surface area contributed by atoms with Crippen LogP contribution in [-0.2, 0) is 0 Å². The number of rotatable bonds is 6. The van der Waals surface area contributed by atoms with Crippen LogP contribution in [0.1, 0.15) is 23.0 Å². The molecule has 0 aliphatic rings. The van der Waals surface area contributed by atoms with Gasteiger partial charge in [0.05, 0.1) is 29.6 Å². The summed E-state index contributed by atoms with van der Waals surface area (Å²) < 4.78 is 18.7. The fourth-order valence-corrected chi connectivity index (χ4v) is 4.27. The van der Waals surface area contributed by atoms with Gasteiger partial charge in [0.15, 0.2) is 11.5 Å². The van der Waals surface area contributed by atoms with Gasteiger partial charge < -0.3 is 13.6 Å². The number of carbonyl (C=O) groups is 1. The second kappa shape index (κ2) is 9.33. The number of hydrogen-bond donors (Lipinski definition) is 0. The molecule has 8 heteroatoms. The minimum atomic E-state index is -0.346. The molecule has 3 aromatic heterocycles. The SMILES string of the molecule is COc1cccc2oc(-c3nc4ccccc4c(=O)n3N=Cc3ccc(-c4ccc(C(C)=O)cc4)o3)cc12. The van der Waals surface area contributed by atoms with Crippen molar-refractivity contribution in [3.63, 3.8) is 0 Å². The Hall–Kier alpha value is -5.24. The summed E-state index contributed by atoms with van der Waals surface area (Å²) >= 11 is 0. The maximum Gasteiger partial charge on any atom is 0.282 e. The summed E-state index contributed by atoms with van der Waals surface area (Å²) in [6, 6.07) is 25.1. The van der Waals surface area contributed by atoms with E-state index in [4.69, 9.17) is 18.6 Å². The van der Waals surface area contributed by atoms with Crippen molar-refractivity contribution in [3.05, 3.63) is 107 Å². The lowest BCUT2D eigenvalue weighted by atomic mass is 10.1. The van der Waals surface area contributed by atoms with Gasteiger partial charge in [0.2, 0.25) is 5.82 Å². The first kappa shape index (κ1) is 23.2. The number of furan rings is 2. The van der Waals surface area contributed by atoms with Crippen molar-refractivity contribution in [2.24, 2.45) is 5.10 Å². The van der Waals surface area contributed by atoms with Crippen LogP contribution in [0.4, 0.5) is 0 Å². The van der Waals surface area contributed by atoms with Crippen LogP contribution in [0.2, 0.25) is 0 Å². The van der Waals surface area contributed by atoms with Gasteiger partial charge in [-0.05, 0) is 49.4 Å². The molecule has 0 N–H and O–H groups in total. The molecule has 38 heavy (non-hydrogen) atoms. The average molecular weight is 504 g/mol. The third-order valence-corrected chi connectivity index (χ3v) is 6.22. The second-order valence-corrected chi connectivity index (χ2v) is 8.63. The molecule has 0 saturated heterocycles. The van der Waals surface area contributed by atoms with Gasteiger partial charge in [-0.3, -0.25) is 9.59 Å². The Morgan fingerprint density at radius 1 is 0.921 bits per heavy atom. The molecule has 0 aliphatic carbocycles. The summed E-state index contributed by atoms with van der Waals surface area (Å²) in [6.07, 6.45) is 1.46. The zero-order valence-corrected chi connectivity index (χ0v) is 20.5. The Bertz CT molecular complexity index is 1910.